The predicted octanol–water partition coefficient (Wildman–Crippen LogP) is 2.84. The summed E-state index contributed by atoms with van der Waals surface area (Å²) in [4.78, 5) is 40.5. The SMILES string of the molecule is C[C@H](c1ccccc1)N1C[C@H](C(=O)OCC(=O)Nc2ccc(N(C)C)cc2)CC1=O. The number of esters is 1. The highest BCUT2D eigenvalue weighted by Crippen LogP contribution is 2.29. The molecule has 2 amide bonds. The quantitative estimate of drug-likeness (QED) is 0.712. The lowest BCUT2D eigenvalue weighted by molar-refractivity contribution is -0.151. The summed E-state index contributed by atoms with van der Waals surface area (Å²) in [5, 5.41) is 2.70. The third kappa shape index (κ3) is 5.17. The molecule has 0 radical (unpaired) electrons. The number of carbonyl (C=O) groups is 3. The Morgan fingerprint density at radius 3 is 2.43 bits per heavy atom. The van der Waals surface area contributed by atoms with E-state index in [1.54, 1.807) is 17.0 Å². The summed E-state index contributed by atoms with van der Waals surface area (Å²) >= 11 is 0. The minimum absolute atomic E-state index is 0.0845. The molecular weight excluding hydrogens is 382 g/mol. The molecule has 2 aromatic rings. The van der Waals surface area contributed by atoms with Gasteiger partial charge in [0.05, 0.1) is 12.0 Å². The Morgan fingerprint density at radius 1 is 1.13 bits per heavy atom. The first-order chi connectivity index (χ1) is 14.3. The van der Waals surface area contributed by atoms with Gasteiger partial charge in [-0.2, -0.15) is 0 Å². The Bertz CT molecular complexity index is 896. The van der Waals surface area contributed by atoms with E-state index in [2.05, 4.69) is 5.32 Å². The normalized spacial score (nSPS) is 16.8. The van der Waals surface area contributed by atoms with Crippen molar-refractivity contribution < 1.29 is 19.1 Å². The van der Waals surface area contributed by atoms with E-state index in [9.17, 15) is 14.4 Å². The summed E-state index contributed by atoms with van der Waals surface area (Å²) in [6.45, 7) is 1.85. The highest BCUT2D eigenvalue weighted by Gasteiger charge is 2.38. The minimum atomic E-state index is -0.559. The minimum Gasteiger partial charge on any atom is -0.455 e. The topological polar surface area (TPSA) is 79.0 Å². The first-order valence-electron chi connectivity index (χ1n) is 9.93. The Hall–Kier alpha value is -3.35. The van der Waals surface area contributed by atoms with Crippen molar-refractivity contribution in [2.24, 2.45) is 5.92 Å². The highest BCUT2D eigenvalue weighted by molar-refractivity contribution is 5.94. The molecule has 158 valence electrons. The Balaban J connectivity index is 1.49. The fraction of sp³-hybridized carbons (Fsp3) is 0.348. The molecule has 0 saturated carbocycles. The summed E-state index contributed by atoms with van der Waals surface area (Å²) in [6, 6.07) is 16.9. The molecule has 1 fully saturated rings. The largest absolute Gasteiger partial charge is 0.455 e. The molecule has 1 saturated heterocycles. The van der Waals surface area contributed by atoms with Gasteiger partial charge in [-0.25, -0.2) is 0 Å². The van der Waals surface area contributed by atoms with Gasteiger partial charge < -0.3 is 19.9 Å². The van der Waals surface area contributed by atoms with Crippen molar-refractivity contribution in [1.29, 1.82) is 0 Å². The van der Waals surface area contributed by atoms with Crippen LogP contribution in [0.2, 0.25) is 0 Å². The van der Waals surface area contributed by atoms with Crippen molar-refractivity contribution in [3.05, 3.63) is 60.2 Å². The van der Waals surface area contributed by atoms with Gasteiger partial charge in [-0.1, -0.05) is 30.3 Å². The average Bonchev–Trinajstić information content (AvgIpc) is 3.14. The van der Waals surface area contributed by atoms with Crippen molar-refractivity contribution in [2.45, 2.75) is 19.4 Å². The van der Waals surface area contributed by atoms with E-state index in [-0.39, 0.29) is 25.0 Å². The third-order valence-electron chi connectivity index (χ3n) is 5.25. The van der Waals surface area contributed by atoms with Crippen molar-refractivity contribution in [2.75, 3.05) is 37.5 Å². The monoisotopic (exact) mass is 409 g/mol. The van der Waals surface area contributed by atoms with Crippen LogP contribution in [0.4, 0.5) is 11.4 Å². The number of ether oxygens (including phenoxy) is 1. The zero-order chi connectivity index (χ0) is 21.7. The zero-order valence-corrected chi connectivity index (χ0v) is 17.5. The number of nitrogens with zero attached hydrogens (tertiary/aromatic N) is 2. The second kappa shape index (κ2) is 9.43. The van der Waals surface area contributed by atoms with Crippen LogP contribution < -0.4 is 10.2 Å². The van der Waals surface area contributed by atoms with E-state index < -0.39 is 17.8 Å². The molecule has 1 aliphatic rings. The van der Waals surface area contributed by atoms with Crippen molar-refractivity contribution in [1.82, 2.24) is 4.90 Å². The Labute approximate surface area is 176 Å². The number of benzene rings is 2. The van der Waals surface area contributed by atoms with Crippen LogP contribution in [0, 0.1) is 5.92 Å². The van der Waals surface area contributed by atoms with Crippen LogP contribution in [-0.4, -0.2) is 49.9 Å². The van der Waals surface area contributed by atoms with Gasteiger partial charge in [0.25, 0.3) is 5.91 Å². The van der Waals surface area contributed by atoms with E-state index in [1.807, 2.05) is 68.4 Å². The maximum Gasteiger partial charge on any atom is 0.311 e. The smallest absolute Gasteiger partial charge is 0.311 e. The molecule has 30 heavy (non-hydrogen) atoms. The van der Waals surface area contributed by atoms with Gasteiger partial charge in [0, 0.05) is 38.4 Å². The molecule has 1 aliphatic heterocycles. The molecule has 1 N–H and O–H groups in total. The number of hydrogen-bond donors (Lipinski definition) is 1. The zero-order valence-electron chi connectivity index (χ0n) is 17.5. The fourth-order valence-electron chi connectivity index (χ4n) is 3.47. The second-order valence-electron chi connectivity index (χ2n) is 7.63. The summed E-state index contributed by atoms with van der Waals surface area (Å²) < 4.78 is 5.17. The first-order valence-corrected chi connectivity index (χ1v) is 9.93. The molecule has 2 atom stereocenters. The molecule has 2 aromatic carbocycles. The predicted molar refractivity (Wildman–Crippen MR) is 115 cm³/mol. The average molecular weight is 409 g/mol. The number of carbonyl (C=O) groups excluding carboxylic acids is 3. The van der Waals surface area contributed by atoms with Gasteiger partial charge in [-0.15, -0.1) is 0 Å². The first kappa shape index (κ1) is 21.4. The molecule has 0 aliphatic carbocycles. The van der Waals surface area contributed by atoms with E-state index in [0.717, 1.165) is 11.3 Å². The summed E-state index contributed by atoms with van der Waals surface area (Å²) in [7, 11) is 3.87. The number of rotatable bonds is 7. The lowest BCUT2D eigenvalue weighted by Gasteiger charge is -2.25. The fourth-order valence-corrected chi connectivity index (χ4v) is 3.47. The van der Waals surface area contributed by atoms with Gasteiger partial charge in [-0.05, 0) is 36.8 Å². The number of likely N-dealkylation sites (tertiary alicyclic amines) is 1. The van der Waals surface area contributed by atoms with E-state index in [1.165, 1.54) is 0 Å². The highest BCUT2D eigenvalue weighted by atomic mass is 16.5. The van der Waals surface area contributed by atoms with E-state index in [4.69, 9.17) is 4.74 Å². The molecule has 0 unspecified atom stereocenters. The van der Waals surface area contributed by atoms with Gasteiger partial charge in [-0.3, -0.25) is 14.4 Å². The van der Waals surface area contributed by atoms with Crippen LogP contribution in [0.15, 0.2) is 54.6 Å². The third-order valence-corrected chi connectivity index (χ3v) is 5.25. The number of nitrogens with one attached hydrogen (secondary N) is 1. The van der Waals surface area contributed by atoms with Crippen molar-refractivity contribution in [3.63, 3.8) is 0 Å². The van der Waals surface area contributed by atoms with Gasteiger partial charge in [0.2, 0.25) is 5.91 Å². The number of amides is 2. The van der Waals surface area contributed by atoms with Crippen LogP contribution >= 0.6 is 0 Å². The maximum atomic E-state index is 12.4. The summed E-state index contributed by atoms with van der Waals surface area (Å²) in [5.41, 5.74) is 2.65. The molecule has 7 nitrogen and oxygen atoms in total. The maximum absolute atomic E-state index is 12.4. The molecular formula is C23H27N3O4. The number of hydrogen-bond acceptors (Lipinski definition) is 5. The molecule has 3 rings (SSSR count). The van der Waals surface area contributed by atoms with Crippen LogP contribution in [0.5, 0.6) is 0 Å². The van der Waals surface area contributed by atoms with E-state index in [0.29, 0.717) is 12.2 Å². The van der Waals surface area contributed by atoms with Crippen LogP contribution in [0.1, 0.15) is 24.9 Å². The van der Waals surface area contributed by atoms with Crippen LogP contribution in [0.3, 0.4) is 0 Å². The van der Waals surface area contributed by atoms with Crippen LogP contribution in [-0.2, 0) is 19.1 Å². The molecule has 7 heteroatoms. The standard InChI is InChI=1S/C23H27N3O4/c1-16(17-7-5-4-6-8-17)26-14-18(13-22(26)28)23(29)30-15-21(27)24-19-9-11-20(12-10-19)25(2)3/h4-12,16,18H,13-15H2,1-3H3,(H,24,27)/t16-,18-/m1/s1. The van der Waals surface area contributed by atoms with Gasteiger partial charge in [0.1, 0.15) is 0 Å². The Morgan fingerprint density at radius 2 is 1.80 bits per heavy atom. The van der Waals surface area contributed by atoms with E-state index >= 15 is 0 Å². The Kier molecular flexibility index (Phi) is 6.72. The number of anilines is 2. The van der Waals surface area contributed by atoms with Crippen molar-refractivity contribution in [3.8, 4) is 0 Å². The molecule has 0 aromatic heterocycles. The van der Waals surface area contributed by atoms with Gasteiger partial charge >= 0.3 is 5.97 Å². The summed E-state index contributed by atoms with van der Waals surface area (Å²) in [6.07, 6.45) is 0.101. The lowest BCUT2D eigenvalue weighted by atomic mass is 10.1. The van der Waals surface area contributed by atoms with Gasteiger partial charge in [0.15, 0.2) is 6.61 Å². The second-order valence-corrected chi connectivity index (χ2v) is 7.63. The van der Waals surface area contributed by atoms with Crippen LogP contribution in [0.25, 0.3) is 0 Å². The molecule has 1 heterocycles. The molecule has 0 spiro atoms. The van der Waals surface area contributed by atoms with Crippen molar-refractivity contribution >= 4 is 29.2 Å². The summed E-state index contributed by atoms with van der Waals surface area (Å²) in [5.74, 6) is -1.58. The lowest BCUT2D eigenvalue weighted by Crippen LogP contribution is -2.30. The molecule has 0 bridgehead atoms.